The molecule has 2 aromatic heterocycles. The molecule has 96 valence electrons. The van der Waals surface area contributed by atoms with Gasteiger partial charge in [-0.15, -0.1) is 11.3 Å². The van der Waals surface area contributed by atoms with Crippen molar-refractivity contribution in [2.45, 2.75) is 13.5 Å². The number of rotatable bonds is 4. The predicted molar refractivity (Wildman–Crippen MR) is 71.3 cm³/mol. The molecule has 0 atom stereocenters. The van der Waals surface area contributed by atoms with Crippen LogP contribution in [0.15, 0.2) is 17.5 Å². The summed E-state index contributed by atoms with van der Waals surface area (Å²) >= 11 is 1.65. The number of nitrogens with zero attached hydrogens (tertiary/aromatic N) is 3. The van der Waals surface area contributed by atoms with Crippen LogP contribution in [0, 0.1) is 6.92 Å². The molecule has 1 N–H and O–H groups in total. The van der Waals surface area contributed by atoms with Crippen molar-refractivity contribution in [3.8, 4) is 0 Å². The van der Waals surface area contributed by atoms with Crippen molar-refractivity contribution in [2.75, 3.05) is 11.9 Å². The molecule has 0 fully saturated rings. The number of carbonyl (C=O) groups is 1. The van der Waals surface area contributed by atoms with Gasteiger partial charge < -0.3 is 10.0 Å². The first-order valence-corrected chi connectivity index (χ1v) is 6.39. The molecule has 2 heterocycles. The summed E-state index contributed by atoms with van der Waals surface area (Å²) in [4.78, 5) is 14.4. The van der Waals surface area contributed by atoms with Crippen LogP contribution in [-0.4, -0.2) is 27.9 Å². The van der Waals surface area contributed by atoms with Gasteiger partial charge in [-0.25, -0.2) is 4.79 Å². The molecule has 0 aliphatic carbocycles. The van der Waals surface area contributed by atoms with E-state index in [1.807, 2.05) is 29.5 Å². The zero-order valence-corrected chi connectivity index (χ0v) is 11.4. The van der Waals surface area contributed by atoms with Crippen LogP contribution in [0.3, 0.4) is 0 Å². The summed E-state index contributed by atoms with van der Waals surface area (Å²) in [5, 5.41) is 15.4. The fourth-order valence-corrected chi connectivity index (χ4v) is 2.80. The molecule has 0 saturated heterocycles. The van der Waals surface area contributed by atoms with E-state index >= 15 is 0 Å². The van der Waals surface area contributed by atoms with E-state index in [0.29, 0.717) is 18.1 Å². The highest BCUT2D eigenvalue weighted by Crippen LogP contribution is 2.24. The summed E-state index contributed by atoms with van der Waals surface area (Å²) in [6.45, 7) is 2.39. The fraction of sp³-hybridized carbons (Fsp3) is 0.333. The van der Waals surface area contributed by atoms with E-state index in [9.17, 15) is 9.90 Å². The summed E-state index contributed by atoms with van der Waals surface area (Å²) in [7, 11) is 3.64. The summed E-state index contributed by atoms with van der Waals surface area (Å²) in [5.41, 5.74) is 0.814. The van der Waals surface area contributed by atoms with Crippen molar-refractivity contribution in [3.63, 3.8) is 0 Å². The lowest BCUT2D eigenvalue weighted by Gasteiger charge is -2.19. The van der Waals surface area contributed by atoms with Crippen LogP contribution in [0.4, 0.5) is 5.82 Å². The number of carboxylic acid groups (broad SMARTS) is 1. The number of aromatic carboxylic acids is 1. The maximum absolute atomic E-state index is 11.3. The molecule has 0 aliphatic rings. The number of hydrogen-bond acceptors (Lipinski definition) is 4. The van der Waals surface area contributed by atoms with Gasteiger partial charge in [-0.1, -0.05) is 6.07 Å². The minimum atomic E-state index is -0.936. The minimum Gasteiger partial charge on any atom is -0.477 e. The first-order chi connectivity index (χ1) is 8.50. The molecule has 0 radical (unpaired) electrons. The smallest absolute Gasteiger partial charge is 0.341 e. The molecule has 0 amide bonds. The van der Waals surface area contributed by atoms with Crippen LogP contribution in [0.2, 0.25) is 0 Å². The quantitative estimate of drug-likeness (QED) is 0.920. The molecular formula is C12H15N3O2S. The number of thiophene rings is 1. The van der Waals surface area contributed by atoms with Gasteiger partial charge in [-0.05, 0) is 18.4 Å². The molecule has 0 unspecified atom stereocenters. The Kier molecular flexibility index (Phi) is 3.38. The number of aryl methyl sites for hydroxylation is 2. The molecule has 2 aromatic rings. The third-order valence-corrected chi connectivity index (χ3v) is 3.60. The van der Waals surface area contributed by atoms with Crippen molar-refractivity contribution >= 4 is 23.1 Å². The fourth-order valence-electron chi connectivity index (χ4n) is 2.05. The van der Waals surface area contributed by atoms with E-state index < -0.39 is 5.97 Å². The number of anilines is 1. The molecule has 0 aliphatic heterocycles. The molecule has 6 heteroatoms. The Morgan fingerprint density at radius 3 is 2.89 bits per heavy atom. The third kappa shape index (κ3) is 2.24. The molecule has 5 nitrogen and oxygen atoms in total. The average molecular weight is 265 g/mol. The Labute approximate surface area is 109 Å². The summed E-state index contributed by atoms with van der Waals surface area (Å²) in [5.74, 6) is -0.304. The van der Waals surface area contributed by atoms with Crippen molar-refractivity contribution in [1.82, 2.24) is 9.78 Å². The monoisotopic (exact) mass is 265 g/mol. The van der Waals surface area contributed by atoms with Crippen LogP contribution in [0.5, 0.6) is 0 Å². The molecule has 0 spiro atoms. The van der Waals surface area contributed by atoms with Crippen LogP contribution in [0.1, 0.15) is 20.9 Å². The second-order valence-electron chi connectivity index (χ2n) is 4.15. The van der Waals surface area contributed by atoms with Gasteiger partial charge in [-0.2, -0.15) is 5.10 Å². The second kappa shape index (κ2) is 4.81. The maximum Gasteiger partial charge on any atom is 0.341 e. The van der Waals surface area contributed by atoms with Gasteiger partial charge in [-0.3, -0.25) is 4.68 Å². The van der Waals surface area contributed by atoms with E-state index in [1.54, 1.807) is 30.0 Å². The van der Waals surface area contributed by atoms with Gasteiger partial charge >= 0.3 is 5.97 Å². The maximum atomic E-state index is 11.3. The zero-order valence-electron chi connectivity index (χ0n) is 10.5. The highest BCUT2D eigenvalue weighted by Gasteiger charge is 2.22. The Morgan fingerprint density at radius 2 is 2.33 bits per heavy atom. The van der Waals surface area contributed by atoms with E-state index in [2.05, 4.69) is 5.10 Å². The van der Waals surface area contributed by atoms with Gasteiger partial charge in [0.2, 0.25) is 0 Å². The molecule has 0 aromatic carbocycles. The first kappa shape index (κ1) is 12.6. The van der Waals surface area contributed by atoms with Gasteiger partial charge in [0.25, 0.3) is 0 Å². The van der Waals surface area contributed by atoms with E-state index in [4.69, 9.17) is 0 Å². The third-order valence-electron chi connectivity index (χ3n) is 2.74. The molecule has 0 saturated carbocycles. The molecule has 0 bridgehead atoms. The van der Waals surface area contributed by atoms with Crippen molar-refractivity contribution in [2.24, 2.45) is 7.05 Å². The lowest BCUT2D eigenvalue weighted by molar-refractivity contribution is 0.0696. The van der Waals surface area contributed by atoms with Gasteiger partial charge in [0, 0.05) is 19.0 Å². The van der Waals surface area contributed by atoms with Gasteiger partial charge in [0.15, 0.2) is 0 Å². The number of aromatic nitrogens is 2. The Hall–Kier alpha value is -1.82. The Bertz CT molecular complexity index is 560. The van der Waals surface area contributed by atoms with Gasteiger partial charge in [0.1, 0.15) is 11.4 Å². The topological polar surface area (TPSA) is 58.4 Å². The van der Waals surface area contributed by atoms with E-state index in [1.165, 1.54) is 4.88 Å². The van der Waals surface area contributed by atoms with Crippen LogP contribution in [0.25, 0.3) is 0 Å². The molecular weight excluding hydrogens is 250 g/mol. The van der Waals surface area contributed by atoms with Gasteiger partial charge in [0.05, 0.1) is 12.2 Å². The molecule has 2 rings (SSSR count). The number of carboxylic acids is 1. The summed E-state index contributed by atoms with van der Waals surface area (Å²) in [6.07, 6.45) is 0. The highest BCUT2D eigenvalue weighted by atomic mass is 32.1. The van der Waals surface area contributed by atoms with Crippen LogP contribution < -0.4 is 4.90 Å². The number of hydrogen-bond donors (Lipinski definition) is 1. The normalized spacial score (nSPS) is 10.6. The lowest BCUT2D eigenvalue weighted by Crippen LogP contribution is -2.21. The lowest BCUT2D eigenvalue weighted by atomic mass is 10.2. The van der Waals surface area contributed by atoms with E-state index in [-0.39, 0.29) is 5.56 Å². The van der Waals surface area contributed by atoms with Crippen molar-refractivity contribution in [3.05, 3.63) is 33.6 Å². The highest BCUT2D eigenvalue weighted by molar-refractivity contribution is 7.09. The van der Waals surface area contributed by atoms with Crippen LogP contribution in [-0.2, 0) is 13.6 Å². The molecule has 18 heavy (non-hydrogen) atoms. The Morgan fingerprint density at radius 1 is 1.61 bits per heavy atom. The predicted octanol–water partition coefficient (Wildman–Crippen LogP) is 2.12. The van der Waals surface area contributed by atoms with Crippen molar-refractivity contribution in [1.29, 1.82) is 0 Å². The average Bonchev–Trinajstić information content (AvgIpc) is 2.85. The Balaban J connectivity index is 2.35. The SMILES string of the molecule is Cc1nn(C)c(N(C)Cc2cccs2)c1C(=O)O. The summed E-state index contributed by atoms with van der Waals surface area (Å²) in [6, 6.07) is 4.02. The summed E-state index contributed by atoms with van der Waals surface area (Å²) < 4.78 is 1.62. The minimum absolute atomic E-state index is 0.275. The van der Waals surface area contributed by atoms with Crippen LogP contribution >= 0.6 is 11.3 Å². The second-order valence-corrected chi connectivity index (χ2v) is 5.18. The van der Waals surface area contributed by atoms with Crippen molar-refractivity contribution < 1.29 is 9.90 Å². The van der Waals surface area contributed by atoms with E-state index in [0.717, 1.165) is 0 Å². The standard InChI is InChI=1S/C12H15N3O2S/c1-8-10(12(16)17)11(15(3)13-8)14(2)7-9-5-4-6-18-9/h4-6H,7H2,1-3H3,(H,16,17). The largest absolute Gasteiger partial charge is 0.477 e. The first-order valence-electron chi connectivity index (χ1n) is 5.51. The zero-order chi connectivity index (χ0) is 13.3.